The number of hydrogen-bond donors (Lipinski definition) is 1. The highest BCUT2D eigenvalue weighted by Crippen LogP contribution is 2.25. The molecule has 0 spiro atoms. The van der Waals surface area contributed by atoms with E-state index in [2.05, 4.69) is 12.1 Å². The Kier molecular flexibility index (Phi) is 5.34. The summed E-state index contributed by atoms with van der Waals surface area (Å²) in [5.74, 6) is 0.0877. The van der Waals surface area contributed by atoms with Gasteiger partial charge in [0.05, 0.1) is 6.61 Å². The average Bonchev–Trinajstić information content (AvgIpc) is 2.45. The highest BCUT2D eigenvalue weighted by molar-refractivity contribution is 7.32. The van der Waals surface area contributed by atoms with Crippen LogP contribution in [0.3, 0.4) is 0 Å². The third kappa shape index (κ3) is 4.64. The smallest absolute Gasteiger partial charge is 0.316 e. The zero-order valence-corrected chi connectivity index (χ0v) is 11.5. The summed E-state index contributed by atoms with van der Waals surface area (Å²) in [6, 6.07) is 20.0. The normalized spacial score (nSPS) is 13.9. The molecule has 0 amide bonds. The van der Waals surface area contributed by atoms with E-state index in [1.165, 1.54) is 5.56 Å². The minimum Gasteiger partial charge on any atom is -0.326 e. The Morgan fingerprint density at radius 2 is 1.58 bits per heavy atom. The van der Waals surface area contributed by atoms with Gasteiger partial charge >= 0.3 is 8.25 Å². The second-order valence-corrected chi connectivity index (χ2v) is 5.19. The predicted molar refractivity (Wildman–Crippen MR) is 76.5 cm³/mol. The molecule has 0 aliphatic rings. The van der Waals surface area contributed by atoms with E-state index in [0.29, 0.717) is 0 Å². The summed E-state index contributed by atoms with van der Waals surface area (Å²) in [4.78, 5) is 8.84. The molecular weight excluding hydrogens is 259 g/mol. The molecule has 0 aliphatic carbocycles. The van der Waals surface area contributed by atoms with Crippen molar-refractivity contribution >= 4 is 8.25 Å². The van der Waals surface area contributed by atoms with Crippen molar-refractivity contribution in [3.05, 3.63) is 71.8 Å². The molecule has 0 saturated heterocycles. The van der Waals surface area contributed by atoms with Crippen LogP contribution in [0.25, 0.3) is 0 Å². The van der Waals surface area contributed by atoms with E-state index in [0.717, 1.165) is 12.0 Å². The van der Waals surface area contributed by atoms with Crippen molar-refractivity contribution in [2.75, 3.05) is 6.61 Å². The fraction of sp³-hybridized carbons (Fsp3) is 0.200. The highest BCUT2D eigenvalue weighted by Gasteiger charge is 2.13. The van der Waals surface area contributed by atoms with Gasteiger partial charge in [-0.05, 0) is 17.5 Å². The molecule has 0 aromatic heterocycles. The van der Waals surface area contributed by atoms with Gasteiger partial charge in [-0.2, -0.15) is 0 Å². The Bertz CT molecular complexity index is 513. The maximum absolute atomic E-state index is 10.8. The Morgan fingerprint density at radius 3 is 2.16 bits per heavy atom. The van der Waals surface area contributed by atoms with Gasteiger partial charge in [-0.25, -0.2) is 0 Å². The van der Waals surface area contributed by atoms with E-state index >= 15 is 0 Å². The summed E-state index contributed by atoms with van der Waals surface area (Å²) in [6.45, 7) is 0.257. The van der Waals surface area contributed by atoms with Crippen molar-refractivity contribution < 1.29 is 14.0 Å². The first-order valence-electron chi connectivity index (χ1n) is 6.20. The largest absolute Gasteiger partial charge is 0.326 e. The lowest BCUT2D eigenvalue weighted by molar-refractivity contribution is 0.260. The average molecular weight is 276 g/mol. The first-order valence-corrected chi connectivity index (χ1v) is 7.46. The molecular formula is C15H17O3P. The van der Waals surface area contributed by atoms with Crippen molar-refractivity contribution in [3.63, 3.8) is 0 Å². The molecule has 4 heteroatoms. The van der Waals surface area contributed by atoms with Crippen molar-refractivity contribution in [1.29, 1.82) is 0 Å². The molecule has 0 saturated carbocycles. The second-order valence-electron chi connectivity index (χ2n) is 4.37. The van der Waals surface area contributed by atoms with Crippen LogP contribution in [0.15, 0.2) is 60.7 Å². The molecule has 1 N–H and O–H groups in total. The molecule has 0 heterocycles. The van der Waals surface area contributed by atoms with Crippen molar-refractivity contribution in [2.24, 2.45) is 0 Å². The van der Waals surface area contributed by atoms with Crippen LogP contribution < -0.4 is 0 Å². The van der Waals surface area contributed by atoms with Crippen molar-refractivity contribution in [2.45, 2.75) is 12.3 Å². The quantitative estimate of drug-likeness (QED) is 0.822. The zero-order chi connectivity index (χ0) is 13.5. The standard InChI is InChI=1S/C15H17O3P/c16-19(17)18-12-15(14-9-5-2-6-10-14)11-13-7-3-1-4-8-13/h1-10,15,19H,11-12H2,(H,16,17). The van der Waals surface area contributed by atoms with Crippen LogP contribution in [0.4, 0.5) is 0 Å². The van der Waals surface area contributed by atoms with Gasteiger partial charge < -0.3 is 9.42 Å². The summed E-state index contributed by atoms with van der Waals surface area (Å²) in [5, 5.41) is 0. The van der Waals surface area contributed by atoms with Gasteiger partial charge in [0.15, 0.2) is 0 Å². The summed E-state index contributed by atoms with van der Waals surface area (Å²) in [5.41, 5.74) is 2.31. The lowest BCUT2D eigenvalue weighted by atomic mass is 9.93. The van der Waals surface area contributed by atoms with Gasteiger partial charge in [0.2, 0.25) is 0 Å². The van der Waals surface area contributed by atoms with E-state index in [1.807, 2.05) is 48.5 Å². The third-order valence-electron chi connectivity index (χ3n) is 3.00. The van der Waals surface area contributed by atoms with Gasteiger partial charge in [0.25, 0.3) is 0 Å². The summed E-state index contributed by atoms with van der Waals surface area (Å²) < 4.78 is 15.7. The molecule has 2 aromatic carbocycles. The van der Waals surface area contributed by atoms with Crippen LogP contribution in [0.1, 0.15) is 17.0 Å². The lowest BCUT2D eigenvalue weighted by Gasteiger charge is -2.16. The summed E-state index contributed by atoms with van der Waals surface area (Å²) in [6.07, 6.45) is 0.792. The van der Waals surface area contributed by atoms with Gasteiger partial charge in [0.1, 0.15) is 0 Å². The second kappa shape index (κ2) is 7.25. The zero-order valence-electron chi connectivity index (χ0n) is 10.5. The van der Waals surface area contributed by atoms with Crippen molar-refractivity contribution in [3.8, 4) is 0 Å². The Balaban J connectivity index is 2.12. The SMILES string of the molecule is O=[PH](O)OCC(Cc1ccccc1)c1ccccc1. The van der Waals surface area contributed by atoms with Crippen LogP contribution in [0, 0.1) is 0 Å². The van der Waals surface area contributed by atoms with E-state index in [1.54, 1.807) is 0 Å². The number of benzene rings is 2. The van der Waals surface area contributed by atoms with Gasteiger partial charge in [-0.15, -0.1) is 0 Å². The molecule has 3 nitrogen and oxygen atoms in total. The van der Waals surface area contributed by atoms with E-state index < -0.39 is 8.25 Å². The third-order valence-corrected chi connectivity index (χ3v) is 3.42. The van der Waals surface area contributed by atoms with Crippen LogP contribution >= 0.6 is 8.25 Å². The molecule has 0 radical (unpaired) electrons. The molecule has 2 aromatic rings. The number of rotatable bonds is 6. The molecule has 0 bridgehead atoms. The van der Waals surface area contributed by atoms with Crippen LogP contribution in [-0.4, -0.2) is 11.5 Å². The van der Waals surface area contributed by atoms with Gasteiger partial charge in [-0.1, -0.05) is 60.7 Å². The molecule has 100 valence electrons. The molecule has 0 aliphatic heterocycles. The van der Waals surface area contributed by atoms with E-state index in [4.69, 9.17) is 9.42 Å². The fourth-order valence-corrected chi connectivity index (χ4v) is 2.41. The molecule has 19 heavy (non-hydrogen) atoms. The first kappa shape index (κ1) is 14.0. The maximum atomic E-state index is 10.8. The van der Waals surface area contributed by atoms with Crippen LogP contribution in [0.5, 0.6) is 0 Å². The first-order chi connectivity index (χ1) is 9.25. The minimum atomic E-state index is -2.88. The molecule has 0 fully saturated rings. The summed E-state index contributed by atoms with van der Waals surface area (Å²) >= 11 is 0. The van der Waals surface area contributed by atoms with E-state index in [-0.39, 0.29) is 12.5 Å². The van der Waals surface area contributed by atoms with Gasteiger partial charge in [-0.3, -0.25) is 4.57 Å². The molecule has 2 unspecified atom stereocenters. The summed E-state index contributed by atoms with van der Waals surface area (Å²) in [7, 11) is -2.88. The van der Waals surface area contributed by atoms with Crippen molar-refractivity contribution in [1.82, 2.24) is 0 Å². The van der Waals surface area contributed by atoms with Crippen LogP contribution in [-0.2, 0) is 15.5 Å². The minimum absolute atomic E-state index is 0.0877. The van der Waals surface area contributed by atoms with Gasteiger partial charge in [0, 0.05) is 5.92 Å². The highest BCUT2D eigenvalue weighted by atomic mass is 31.1. The fourth-order valence-electron chi connectivity index (χ4n) is 2.07. The Hall–Kier alpha value is -1.41. The van der Waals surface area contributed by atoms with Crippen LogP contribution in [0.2, 0.25) is 0 Å². The Morgan fingerprint density at radius 1 is 1.00 bits per heavy atom. The molecule has 2 rings (SSSR count). The molecule has 2 atom stereocenters. The number of hydrogen-bond acceptors (Lipinski definition) is 2. The van der Waals surface area contributed by atoms with E-state index in [9.17, 15) is 4.57 Å². The topological polar surface area (TPSA) is 46.5 Å². The monoisotopic (exact) mass is 276 g/mol. The Labute approximate surface area is 113 Å². The maximum Gasteiger partial charge on any atom is 0.316 e. The predicted octanol–water partition coefficient (Wildman–Crippen LogP) is 3.41. The lowest BCUT2D eigenvalue weighted by Crippen LogP contribution is -2.09.